The molecule has 28 heavy (non-hydrogen) atoms. The minimum Gasteiger partial charge on any atom is -0.361 e. The van der Waals surface area contributed by atoms with Gasteiger partial charge in [0.25, 0.3) is 0 Å². The number of H-pyrrole nitrogens is 1. The van der Waals surface area contributed by atoms with Crippen LogP contribution in [0.25, 0.3) is 10.9 Å². The second kappa shape index (κ2) is 8.40. The quantitative estimate of drug-likeness (QED) is 0.617. The van der Waals surface area contributed by atoms with Crippen LogP contribution in [0.1, 0.15) is 25.0 Å². The standard InChI is InChI=1S/C22H22N4O2/c1-14(2)21(27)26-20(11-16-13-24-19-6-4-3-5-18(16)19)22(28)25-17-9-7-15(12-23)8-10-17/h3-10,13-14,20,24H,11H2,1-2H3,(H,25,28)(H,26,27). The molecule has 1 heterocycles. The summed E-state index contributed by atoms with van der Waals surface area (Å²) < 4.78 is 0. The van der Waals surface area contributed by atoms with Crippen molar-refractivity contribution < 1.29 is 9.59 Å². The molecule has 0 spiro atoms. The highest BCUT2D eigenvalue weighted by Gasteiger charge is 2.23. The highest BCUT2D eigenvalue weighted by molar-refractivity contribution is 5.98. The molecule has 3 rings (SSSR count). The van der Waals surface area contributed by atoms with Gasteiger partial charge in [-0.3, -0.25) is 9.59 Å². The Labute approximate surface area is 163 Å². The van der Waals surface area contributed by atoms with Crippen LogP contribution in [0, 0.1) is 17.2 Å². The molecule has 2 amide bonds. The number of nitriles is 1. The Balaban J connectivity index is 1.82. The summed E-state index contributed by atoms with van der Waals surface area (Å²) in [5, 5.41) is 15.6. The molecule has 0 saturated carbocycles. The molecule has 1 aromatic heterocycles. The second-order valence-corrected chi connectivity index (χ2v) is 6.96. The van der Waals surface area contributed by atoms with Gasteiger partial charge in [-0.1, -0.05) is 32.0 Å². The van der Waals surface area contributed by atoms with Crippen molar-refractivity contribution in [1.29, 1.82) is 5.26 Å². The van der Waals surface area contributed by atoms with E-state index in [1.165, 1.54) is 0 Å². The van der Waals surface area contributed by atoms with Crippen LogP contribution in [-0.2, 0) is 16.0 Å². The van der Waals surface area contributed by atoms with E-state index in [0.717, 1.165) is 16.5 Å². The van der Waals surface area contributed by atoms with Gasteiger partial charge in [0.2, 0.25) is 11.8 Å². The lowest BCUT2D eigenvalue weighted by molar-refractivity contribution is -0.128. The molecule has 6 heteroatoms. The van der Waals surface area contributed by atoms with E-state index in [0.29, 0.717) is 17.7 Å². The molecule has 6 nitrogen and oxygen atoms in total. The predicted octanol–water partition coefficient (Wildman–Crippen LogP) is 3.36. The molecule has 0 aliphatic rings. The summed E-state index contributed by atoms with van der Waals surface area (Å²) >= 11 is 0. The van der Waals surface area contributed by atoms with Crippen LogP contribution in [0.5, 0.6) is 0 Å². The van der Waals surface area contributed by atoms with E-state index in [1.807, 2.05) is 36.5 Å². The van der Waals surface area contributed by atoms with Crippen LogP contribution in [0.4, 0.5) is 5.69 Å². The molecule has 142 valence electrons. The van der Waals surface area contributed by atoms with Crippen molar-refractivity contribution in [2.75, 3.05) is 5.32 Å². The summed E-state index contributed by atoms with van der Waals surface area (Å²) in [6.45, 7) is 3.58. The summed E-state index contributed by atoms with van der Waals surface area (Å²) in [5.41, 5.74) is 3.03. The third kappa shape index (κ3) is 4.38. The van der Waals surface area contributed by atoms with Gasteiger partial charge in [-0.25, -0.2) is 0 Å². The average molecular weight is 374 g/mol. The van der Waals surface area contributed by atoms with Crippen LogP contribution < -0.4 is 10.6 Å². The SMILES string of the molecule is CC(C)C(=O)NC(Cc1c[nH]c2ccccc12)C(=O)Nc1ccc(C#N)cc1. The van der Waals surface area contributed by atoms with Crippen molar-refractivity contribution in [2.45, 2.75) is 26.3 Å². The van der Waals surface area contributed by atoms with Crippen molar-refractivity contribution in [1.82, 2.24) is 10.3 Å². The molecular weight excluding hydrogens is 352 g/mol. The minimum atomic E-state index is -0.718. The van der Waals surface area contributed by atoms with Gasteiger partial charge in [0.05, 0.1) is 11.6 Å². The smallest absolute Gasteiger partial charge is 0.247 e. The molecule has 0 saturated heterocycles. The largest absolute Gasteiger partial charge is 0.361 e. The molecule has 0 aliphatic carbocycles. The van der Waals surface area contributed by atoms with Gasteiger partial charge in [-0.2, -0.15) is 5.26 Å². The number of amides is 2. The fourth-order valence-electron chi connectivity index (χ4n) is 2.93. The van der Waals surface area contributed by atoms with E-state index in [-0.39, 0.29) is 17.7 Å². The van der Waals surface area contributed by atoms with Gasteiger partial charge in [0, 0.05) is 35.1 Å². The Morgan fingerprint density at radius 2 is 1.79 bits per heavy atom. The Kier molecular flexibility index (Phi) is 5.75. The molecule has 1 atom stereocenters. The van der Waals surface area contributed by atoms with Gasteiger partial charge in [0.15, 0.2) is 0 Å². The zero-order chi connectivity index (χ0) is 20.1. The fourth-order valence-corrected chi connectivity index (χ4v) is 2.93. The van der Waals surface area contributed by atoms with Crippen LogP contribution >= 0.6 is 0 Å². The third-order valence-electron chi connectivity index (χ3n) is 4.54. The minimum absolute atomic E-state index is 0.181. The number of para-hydroxylation sites is 1. The number of fused-ring (bicyclic) bond motifs is 1. The number of nitrogens with one attached hydrogen (secondary N) is 3. The molecule has 1 unspecified atom stereocenters. The first-order chi connectivity index (χ1) is 13.5. The first-order valence-corrected chi connectivity index (χ1v) is 9.14. The maximum atomic E-state index is 12.9. The Morgan fingerprint density at radius 3 is 2.46 bits per heavy atom. The summed E-state index contributed by atoms with van der Waals surface area (Å²) in [6, 6.07) is 15.8. The fraction of sp³-hybridized carbons (Fsp3) is 0.227. The van der Waals surface area contributed by atoms with Gasteiger partial charge >= 0.3 is 0 Å². The van der Waals surface area contributed by atoms with Crippen LogP contribution in [0.15, 0.2) is 54.7 Å². The molecule has 3 aromatic rings. The number of rotatable bonds is 6. The highest BCUT2D eigenvalue weighted by Crippen LogP contribution is 2.20. The maximum Gasteiger partial charge on any atom is 0.247 e. The summed E-state index contributed by atoms with van der Waals surface area (Å²) in [6.07, 6.45) is 2.23. The van der Waals surface area contributed by atoms with E-state index >= 15 is 0 Å². The topological polar surface area (TPSA) is 97.8 Å². The van der Waals surface area contributed by atoms with Crippen LogP contribution in [-0.4, -0.2) is 22.8 Å². The van der Waals surface area contributed by atoms with Crippen LogP contribution in [0.3, 0.4) is 0 Å². The molecule has 0 aliphatic heterocycles. The number of benzene rings is 2. The van der Waals surface area contributed by atoms with Gasteiger partial charge in [-0.15, -0.1) is 0 Å². The number of aromatic amines is 1. The number of aromatic nitrogens is 1. The van der Waals surface area contributed by atoms with E-state index in [4.69, 9.17) is 5.26 Å². The van der Waals surface area contributed by atoms with E-state index in [1.54, 1.807) is 38.1 Å². The summed E-state index contributed by atoms with van der Waals surface area (Å²) in [7, 11) is 0. The maximum absolute atomic E-state index is 12.9. The lowest BCUT2D eigenvalue weighted by Gasteiger charge is -2.19. The van der Waals surface area contributed by atoms with Gasteiger partial charge < -0.3 is 15.6 Å². The number of hydrogen-bond acceptors (Lipinski definition) is 3. The molecule has 2 aromatic carbocycles. The molecule has 3 N–H and O–H groups in total. The zero-order valence-corrected chi connectivity index (χ0v) is 15.8. The summed E-state index contributed by atoms with van der Waals surface area (Å²) in [4.78, 5) is 28.3. The van der Waals surface area contributed by atoms with Crippen molar-refractivity contribution >= 4 is 28.4 Å². The molecule has 0 fully saturated rings. The Hall–Kier alpha value is -3.59. The Morgan fingerprint density at radius 1 is 1.07 bits per heavy atom. The normalized spacial score (nSPS) is 11.8. The van der Waals surface area contributed by atoms with E-state index in [9.17, 15) is 9.59 Å². The number of nitrogens with zero attached hydrogens (tertiary/aromatic N) is 1. The third-order valence-corrected chi connectivity index (χ3v) is 4.54. The predicted molar refractivity (Wildman–Crippen MR) is 109 cm³/mol. The van der Waals surface area contributed by atoms with E-state index < -0.39 is 6.04 Å². The van der Waals surface area contributed by atoms with Gasteiger partial charge in [0.1, 0.15) is 6.04 Å². The lowest BCUT2D eigenvalue weighted by atomic mass is 10.0. The zero-order valence-electron chi connectivity index (χ0n) is 15.8. The van der Waals surface area contributed by atoms with Crippen molar-refractivity contribution in [3.8, 4) is 6.07 Å². The summed E-state index contributed by atoms with van der Waals surface area (Å²) in [5.74, 6) is -0.711. The van der Waals surface area contributed by atoms with E-state index in [2.05, 4.69) is 15.6 Å². The highest BCUT2D eigenvalue weighted by atomic mass is 16.2. The van der Waals surface area contributed by atoms with Crippen molar-refractivity contribution in [3.05, 3.63) is 65.9 Å². The van der Waals surface area contributed by atoms with Crippen molar-refractivity contribution in [2.24, 2.45) is 5.92 Å². The lowest BCUT2D eigenvalue weighted by Crippen LogP contribution is -2.46. The average Bonchev–Trinajstić information content (AvgIpc) is 3.11. The molecule has 0 radical (unpaired) electrons. The number of carbonyl (C=O) groups excluding carboxylic acids is 2. The number of carbonyl (C=O) groups is 2. The number of hydrogen-bond donors (Lipinski definition) is 3. The Bertz CT molecular complexity index is 1030. The van der Waals surface area contributed by atoms with Crippen LogP contribution in [0.2, 0.25) is 0 Å². The second-order valence-electron chi connectivity index (χ2n) is 6.96. The molecule has 0 bridgehead atoms. The van der Waals surface area contributed by atoms with Gasteiger partial charge in [-0.05, 0) is 35.9 Å². The monoisotopic (exact) mass is 374 g/mol. The first-order valence-electron chi connectivity index (χ1n) is 9.14. The number of anilines is 1. The first kappa shape index (κ1) is 19.2. The van der Waals surface area contributed by atoms with Crippen molar-refractivity contribution in [3.63, 3.8) is 0 Å². The molecular formula is C22H22N4O2.